The minimum Gasteiger partial charge on any atom is -0.481 e. The lowest BCUT2D eigenvalue weighted by Crippen LogP contribution is -2.24. The number of hydrogen-bond acceptors (Lipinski definition) is 3. The van der Waals surface area contributed by atoms with E-state index in [9.17, 15) is 9.90 Å². The van der Waals surface area contributed by atoms with Gasteiger partial charge in [-0.25, -0.2) is 0 Å². The molecule has 2 aromatic rings. The number of rotatable bonds is 6. The van der Waals surface area contributed by atoms with Crippen molar-refractivity contribution >= 4 is 5.97 Å². The van der Waals surface area contributed by atoms with Gasteiger partial charge in [-0.2, -0.15) is 5.10 Å². The van der Waals surface area contributed by atoms with Crippen molar-refractivity contribution in [3.8, 4) is 0 Å². The lowest BCUT2D eigenvalue weighted by Gasteiger charge is -2.18. The minimum absolute atomic E-state index is 0.198. The van der Waals surface area contributed by atoms with E-state index in [1.165, 1.54) is 24.0 Å². The Hall–Kier alpha value is -2.14. The van der Waals surface area contributed by atoms with Gasteiger partial charge in [-0.1, -0.05) is 24.3 Å². The van der Waals surface area contributed by atoms with Gasteiger partial charge >= 0.3 is 5.97 Å². The molecule has 2 aliphatic rings. The van der Waals surface area contributed by atoms with Gasteiger partial charge in [0.15, 0.2) is 0 Å². The zero-order chi connectivity index (χ0) is 16.5. The molecule has 5 nitrogen and oxygen atoms in total. The van der Waals surface area contributed by atoms with Crippen LogP contribution < -0.4 is 0 Å². The van der Waals surface area contributed by atoms with E-state index in [4.69, 9.17) is 0 Å². The highest BCUT2D eigenvalue weighted by molar-refractivity contribution is 5.71. The molecule has 0 radical (unpaired) electrons. The molecule has 1 N–H and O–H groups in total. The number of benzene rings is 1. The minimum atomic E-state index is -0.626. The van der Waals surface area contributed by atoms with E-state index in [-0.39, 0.29) is 5.92 Å². The van der Waals surface area contributed by atoms with Crippen LogP contribution >= 0.6 is 0 Å². The van der Waals surface area contributed by atoms with Crippen LogP contribution in [-0.4, -0.2) is 38.8 Å². The maximum atomic E-state index is 11.6. The van der Waals surface area contributed by atoms with Crippen LogP contribution in [0.3, 0.4) is 0 Å². The van der Waals surface area contributed by atoms with E-state index >= 15 is 0 Å². The molecular weight excluding hydrogens is 302 g/mol. The SMILES string of the molecule is O=C(O)[C@@H]1CN(Cc2ccccc2Cn2cccn2)C[C@H]1C1CC1. The quantitative estimate of drug-likeness (QED) is 0.886. The van der Waals surface area contributed by atoms with Crippen molar-refractivity contribution in [3.05, 3.63) is 53.9 Å². The molecule has 1 aliphatic heterocycles. The molecule has 1 aromatic carbocycles. The Morgan fingerprint density at radius 1 is 1.12 bits per heavy atom. The highest BCUT2D eigenvalue weighted by Crippen LogP contribution is 2.44. The van der Waals surface area contributed by atoms with Crippen molar-refractivity contribution in [3.63, 3.8) is 0 Å². The first-order valence-corrected chi connectivity index (χ1v) is 8.70. The third-order valence-electron chi connectivity index (χ3n) is 5.39. The monoisotopic (exact) mass is 325 g/mol. The van der Waals surface area contributed by atoms with E-state index < -0.39 is 5.97 Å². The summed E-state index contributed by atoms with van der Waals surface area (Å²) in [6.45, 7) is 3.17. The van der Waals surface area contributed by atoms with Crippen LogP contribution in [0.1, 0.15) is 24.0 Å². The predicted octanol–water partition coefficient (Wildman–Crippen LogP) is 2.47. The van der Waals surface area contributed by atoms with Crippen LogP contribution in [0.25, 0.3) is 0 Å². The summed E-state index contributed by atoms with van der Waals surface area (Å²) in [5.41, 5.74) is 2.52. The standard InChI is InChI=1S/C19H23N3O2/c23-19(24)18-13-21(12-17(18)14-6-7-14)10-15-4-1-2-5-16(15)11-22-9-3-8-20-22/h1-5,8-9,14,17-18H,6-7,10-13H2,(H,23,24)/t17-,18+/m0/s1. The Labute approximate surface area is 141 Å². The van der Waals surface area contributed by atoms with Crippen molar-refractivity contribution in [2.45, 2.75) is 25.9 Å². The van der Waals surface area contributed by atoms with E-state index in [1.807, 2.05) is 16.9 Å². The molecule has 1 aromatic heterocycles. The first kappa shape index (κ1) is 15.4. The number of carboxylic acid groups (broad SMARTS) is 1. The zero-order valence-corrected chi connectivity index (χ0v) is 13.7. The van der Waals surface area contributed by atoms with Crippen molar-refractivity contribution in [1.29, 1.82) is 0 Å². The summed E-state index contributed by atoms with van der Waals surface area (Å²) in [6, 6.07) is 10.3. The molecule has 24 heavy (non-hydrogen) atoms. The van der Waals surface area contributed by atoms with Gasteiger partial charge in [-0.05, 0) is 41.9 Å². The van der Waals surface area contributed by atoms with Gasteiger partial charge in [0.1, 0.15) is 0 Å². The summed E-state index contributed by atoms with van der Waals surface area (Å²) < 4.78 is 1.93. The summed E-state index contributed by atoms with van der Waals surface area (Å²) >= 11 is 0. The molecule has 5 heteroatoms. The smallest absolute Gasteiger partial charge is 0.308 e. The number of likely N-dealkylation sites (tertiary alicyclic amines) is 1. The maximum Gasteiger partial charge on any atom is 0.308 e. The Morgan fingerprint density at radius 3 is 2.50 bits per heavy atom. The molecule has 0 amide bonds. The fourth-order valence-electron chi connectivity index (χ4n) is 3.98. The van der Waals surface area contributed by atoms with E-state index in [0.717, 1.165) is 19.6 Å². The maximum absolute atomic E-state index is 11.6. The van der Waals surface area contributed by atoms with Crippen LogP contribution in [-0.2, 0) is 17.9 Å². The Morgan fingerprint density at radius 2 is 1.88 bits per heavy atom. The van der Waals surface area contributed by atoms with Gasteiger partial charge in [0, 0.05) is 32.0 Å². The molecule has 2 fully saturated rings. The van der Waals surface area contributed by atoms with Gasteiger partial charge in [-0.3, -0.25) is 14.4 Å². The third-order valence-corrected chi connectivity index (χ3v) is 5.39. The lowest BCUT2D eigenvalue weighted by molar-refractivity contribution is -0.142. The Bertz CT molecular complexity index is 709. The molecule has 1 aliphatic carbocycles. The van der Waals surface area contributed by atoms with Crippen LogP contribution in [0.5, 0.6) is 0 Å². The predicted molar refractivity (Wildman–Crippen MR) is 90.4 cm³/mol. The van der Waals surface area contributed by atoms with Gasteiger partial charge in [0.2, 0.25) is 0 Å². The average molecular weight is 325 g/mol. The number of carbonyl (C=O) groups is 1. The number of hydrogen-bond donors (Lipinski definition) is 1. The topological polar surface area (TPSA) is 58.4 Å². The van der Waals surface area contributed by atoms with E-state index in [1.54, 1.807) is 6.20 Å². The summed E-state index contributed by atoms with van der Waals surface area (Å²) in [5.74, 6) is 0.145. The molecule has 0 spiro atoms. The molecule has 2 heterocycles. The molecule has 4 rings (SSSR count). The molecule has 1 saturated carbocycles. The van der Waals surface area contributed by atoms with E-state index in [0.29, 0.717) is 18.4 Å². The largest absolute Gasteiger partial charge is 0.481 e. The number of aliphatic carboxylic acids is 1. The third kappa shape index (κ3) is 3.22. The molecule has 2 atom stereocenters. The van der Waals surface area contributed by atoms with Crippen LogP contribution in [0.15, 0.2) is 42.7 Å². The second-order valence-electron chi connectivity index (χ2n) is 7.11. The zero-order valence-electron chi connectivity index (χ0n) is 13.7. The van der Waals surface area contributed by atoms with Gasteiger partial charge in [0.25, 0.3) is 0 Å². The lowest BCUT2D eigenvalue weighted by atomic mass is 9.92. The van der Waals surface area contributed by atoms with Gasteiger partial charge < -0.3 is 5.11 Å². The van der Waals surface area contributed by atoms with Gasteiger partial charge in [-0.15, -0.1) is 0 Å². The average Bonchev–Trinajstić information content (AvgIpc) is 3.12. The van der Waals surface area contributed by atoms with Crippen molar-refractivity contribution in [2.75, 3.05) is 13.1 Å². The summed E-state index contributed by atoms with van der Waals surface area (Å²) in [7, 11) is 0. The second kappa shape index (κ2) is 6.40. The Kier molecular flexibility index (Phi) is 4.10. The van der Waals surface area contributed by atoms with Crippen LogP contribution in [0, 0.1) is 17.8 Å². The first-order chi connectivity index (χ1) is 11.7. The second-order valence-corrected chi connectivity index (χ2v) is 7.11. The van der Waals surface area contributed by atoms with Crippen molar-refractivity contribution in [1.82, 2.24) is 14.7 Å². The highest BCUT2D eigenvalue weighted by atomic mass is 16.4. The normalized spacial score (nSPS) is 24.3. The number of aromatic nitrogens is 2. The molecule has 0 unspecified atom stereocenters. The van der Waals surface area contributed by atoms with Crippen LogP contribution in [0.4, 0.5) is 0 Å². The van der Waals surface area contributed by atoms with Crippen LogP contribution in [0.2, 0.25) is 0 Å². The van der Waals surface area contributed by atoms with Crippen molar-refractivity contribution in [2.24, 2.45) is 17.8 Å². The fraction of sp³-hybridized carbons (Fsp3) is 0.474. The van der Waals surface area contributed by atoms with Gasteiger partial charge in [0.05, 0.1) is 12.5 Å². The summed E-state index contributed by atoms with van der Waals surface area (Å²) in [4.78, 5) is 13.9. The fourth-order valence-corrected chi connectivity index (χ4v) is 3.98. The first-order valence-electron chi connectivity index (χ1n) is 8.70. The molecular formula is C19H23N3O2. The van der Waals surface area contributed by atoms with Crippen molar-refractivity contribution < 1.29 is 9.90 Å². The summed E-state index contributed by atoms with van der Waals surface area (Å²) in [5, 5.41) is 13.8. The molecule has 126 valence electrons. The molecule has 1 saturated heterocycles. The Balaban J connectivity index is 1.48. The highest BCUT2D eigenvalue weighted by Gasteiger charge is 2.45. The molecule has 0 bridgehead atoms. The number of carboxylic acids is 1. The van der Waals surface area contributed by atoms with E-state index in [2.05, 4.69) is 34.3 Å². The number of nitrogens with zero attached hydrogens (tertiary/aromatic N) is 3. The summed E-state index contributed by atoms with van der Waals surface area (Å²) in [6.07, 6.45) is 6.17.